The van der Waals surface area contributed by atoms with Gasteiger partial charge in [0, 0.05) is 26.2 Å². The average Bonchev–Trinajstić information content (AvgIpc) is 2.52. The molecule has 2 amide bonds. The number of hydrogen-bond donors (Lipinski definition) is 2. The molecule has 2 aliphatic heterocycles. The van der Waals surface area contributed by atoms with Crippen molar-refractivity contribution in [3.05, 3.63) is 0 Å². The lowest BCUT2D eigenvalue weighted by Gasteiger charge is -2.37. The molecule has 0 radical (unpaired) electrons. The lowest BCUT2D eigenvalue weighted by atomic mass is 10.1. The molecule has 7 nitrogen and oxygen atoms in total. The van der Waals surface area contributed by atoms with Gasteiger partial charge >= 0.3 is 0 Å². The molecular weight excluding hydrogens is 262 g/mol. The van der Waals surface area contributed by atoms with E-state index in [-0.39, 0.29) is 18.4 Å². The summed E-state index contributed by atoms with van der Waals surface area (Å²) in [7, 11) is 0. The van der Waals surface area contributed by atoms with Gasteiger partial charge in [0.25, 0.3) is 5.91 Å². The maximum absolute atomic E-state index is 12.5. The Morgan fingerprint density at radius 1 is 1.40 bits per heavy atom. The molecule has 2 saturated heterocycles. The highest BCUT2D eigenvalue weighted by Crippen LogP contribution is 2.12. The first-order valence-electron chi connectivity index (χ1n) is 7.22. The normalized spacial score (nSPS) is 27.1. The van der Waals surface area contributed by atoms with Crippen LogP contribution in [-0.2, 0) is 19.1 Å². The van der Waals surface area contributed by atoms with Gasteiger partial charge in [-0.3, -0.25) is 9.59 Å². The second kappa shape index (κ2) is 7.56. The minimum atomic E-state index is -0.548. The summed E-state index contributed by atoms with van der Waals surface area (Å²) in [6.07, 6.45) is 0.367. The van der Waals surface area contributed by atoms with E-state index in [2.05, 4.69) is 10.6 Å². The summed E-state index contributed by atoms with van der Waals surface area (Å²) in [4.78, 5) is 26.2. The highest BCUT2D eigenvalue weighted by atomic mass is 16.5. The Hall–Kier alpha value is -1.18. The van der Waals surface area contributed by atoms with Crippen LogP contribution in [0.5, 0.6) is 0 Å². The molecule has 0 aromatic heterocycles. The van der Waals surface area contributed by atoms with Gasteiger partial charge in [0.05, 0.1) is 19.8 Å². The largest absolute Gasteiger partial charge is 0.377 e. The first-order valence-corrected chi connectivity index (χ1v) is 7.22. The fraction of sp³-hybridized carbons (Fsp3) is 0.846. The maximum Gasteiger partial charge on any atom is 0.253 e. The van der Waals surface area contributed by atoms with Crippen molar-refractivity contribution in [2.75, 3.05) is 46.0 Å². The van der Waals surface area contributed by atoms with Crippen LogP contribution >= 0.6 is 0 Å². The number of amides is 2. The third kappa shape index (κ3) is 3.68. The van der Waals surface area contributed by atoms with Gasteiger partial charge in [-0.1, -0.05) is 6.92 Å². The number of nitrogens with one attached hydrogen (secondary N) is 2. The van der Waals surface area contributed by atoms with Crippen molar-refractivity contribution in [1.29, 1.82) is 0 Å². The van der Waals surface area contributed by atoms with Crippen molar-refractivity contribution in [3.8, 4) is 0 Å². The number of ether oxygens (including phenoxy) is 2. The first kappa shape index (κ1) is 15.2. The van der Waals surface area contributed by atoms with Crippen molar-refractivity contribution in [2.24, 2.45) is 0 Å². The molecule has 2 aliphatic rings. The van der Waals surface area contributed by atoms with Crippen molar-refractivity contribution in [2.45, 2.75) is 25.5 Å². The summed E-state index contributed by atoms with van der Waals surface area (Å²) in [5, 5.41) is 5.95. The fourth-order valence-corrected chi connectivity index (χ4v) is 2.36. The molecule has 2 heterocycles. The molecule has 114 valence electrons. The van der Waals surface area contributed by atoms with E-state index in [9.17, 15) is 9.59 Å². The summed E-state index contributed by atoms with van der Waals surface area (Å²) >= 11 is 0. The van der Waals surface area contributed by atoms with E-state index >= 15 is 0 Å². The quantitative estimate of drug-likeness (QED) is 0.673. The van der Waals surface area contributed by atoms with Crippen molar-refractivity contribution in [3.63, 3.8) is 0 Å². The molecule has 0 spiro atoms. The van der Waals surface area contributed by atoms with Gasteiger partial charge in [0.15, 0.2) is 0 Å². The number of rotatable bonds is 4. The molecule has 2 N–H and O–H groups in total. The smallest absolute Gasteiger partial charge is 0.253 e. The molecule has 7 heteroatoms. The minimum absolute atomic E-state index is 0.128. The van der Waals surface area contributed by atoms with Gasteiger partial charge in [-0.05, 0) is 6.42 Å². The number of hydrogen-bond acceptors (Lipinski definition) is 5. The molecule has 0 saturated carbocycles. The Morgan fingerprint density at radius 2 is 2.25 bits per heavy atom. The van der Waals surface area contributed by atoms with Crippen LogP contribution in [0.4, 0.5) is 0 Å². The second-order valence-electron chi connectivity index (χ2n) is 4.98. The molecule has 2 rings (SSSR count). The Labute approximate surface area is 119 Å². The number of morpholine rings is 2. The zero-order valence-corrected chi connectivity index (χ0v) is 11.9. The predicted octanol–water partition coefficient (Wildman–Crippen LogP) is -1.27. The van der Waals surface area contributed by atoms with Gasteiger partial charge in [0.1, 0.15) is 12.1 Å². The van der Waals surface area contributed by atoms with Gasteiger partial charge in [0.2, 0.25) is 5.91 Å². The zero-order chi connectivity index (χ0) is 14.4. The predicted molar refractivity (Wildman–Crippen MR) is 72.2 cm³/mol. The van der Waals surface area contributed by atoms with Crippen LogP contribution in [0, 0.1) is 0 Å². The van der Waals surface area contributed by atoms with Crippen molar-refractivity contribution < 1.29 is 19.1 Å². The average molecular weight is 285 g/mol. The summed E-state index contributed by atoms with van der Waals surface area (Å²) in [5.41, 5.74) is 0. The zero-order valence-electron chi connectivity index (χ0n) is 11.9. The lowest BCUT2D eigenvalue weighted by Crippen LogP contribution is -2.60. The van der Waals surface area contributed by atoms with Crippen LogP contribution < -0.4 is 10.6 Å². The van der Waals surface area contributed by atoms with E-state index in [1.807, 2.05) is 6.92 Å². The Kier molecular flexibility index (Phi) is 5.75. The molecule has 2 atom stereocenters. The van der Waals surface area contributed by atoms with Gasteiger partial charge in [-0.15, -0.1) is 0 Å². The summed E-state index contributed by atoms with van der Waals surface area (Å²) < 4.78 is 10.8. The van der Waals surface area contributed by atoms with E-state index < -0.39 is 12.1 Å². The summed E-state index contributed by atoms with van der Waals surface area (Å²) in [5.74, 6) is -0.277. The van der Waals surface area contributed by atoms with Gasteiger partial charge < -0.3 is 25.0 Å². The number of carbonyl (C=O) groups is 2. The standard InChI is InChI=1S/C13H23N3O4/c1-2-3-15-12(17)10-9-19-7-5-16(10)13(18)11-8-14-4-6-20-11/h10-11,14H,2-9H2,1H3,(H,15,17). The summed E-state index contributed by atoms with van der Waals surface area (Å²) in [6.45, 7) is 5.52. The molecular formula is C13H23N3O4. The lowest BCUT2D eigenvalue weighted by molar-refractivity contribution is -0.158. The van der Waals surface area contributed by atoms with E-state index in [0.717, 1.165) is 13.0 Å². The second-order valence-corrected chi connectivity index (χ2v) is 4.98. The fourth-order valence-electron chi connectivity index (χ4n) is 2.36. The SMILES string of the molecule is CCCNC(=O)C1COCCN1C(=O)C1CNCCO1. The topological polar surface area (TPSA) is 79.9 Å². The maximum atomic E-state index is 12.5. The van der Waals surface area contributed by atoms with Crippen LogP contribution in [0.3, 0.4) is 0 Å². The molecule has 20 heavy (non-hydrogen) atoms. The Bertz CT molecular complexity index is 345. The highest BCUT2D eigenvalue weighted by molar-refractivity contribution is 5.89. The van der Waals surface area contributed by atoms with Gasteiger partial charge in [-0.25, -0.2) is 0 Å². The molecule has 0 aromatic rings. The molecule has 2 fully saturated rings. The Balaban J connectivity index is 1.98. The summed E-state index contributed by atoms with van der Waals surface area (Å²) in [6, 6.07) is -0.548. The van der Waals surface area contributed by atoms with Crippen LogP contribution in [0.15, 0.2) is 0 Å². The molecule has 0 aliphatic carbocycles. The van der Waals surface area contributed by atoms with E-state index in [0.29, 0.717) is 32.8 Å². The van der Waals surface area contributed by atoms with E-state index in [1.165, 1.54) is 0 Å². The third-order valence-electron chi connectivity index (χ3n) is 3.47. The molecule has 2 unspecified atom stereocenters. The van der Waals surface area contributed by atoms with Crippen molar-refractivity contribution in [1.82, 2.24) is 15.5 Å². The van der Waals surface area contributed by atoms with Crippen LogP contribution in [0.1, 0.15) is 13.3 Å². The number of nitrogens with zero attached hydrogens (tertiary/aromatic N) is 1. The molecule has 0 aromatic carbocycles. The van der Waals surface area contributed by atoms with Crippen LogP contribution in [-0.4, -0.2) is 74.9 Å². The monoisotopic (exact) mass is 285 g/mol. The van der Waals surface area contributed by atoms with Gasteiger partial charge in [-0.2, -0.15) is 0 Å². The van der Waals surface area contributed by atoms with Crippen molar-refractivity contribution >= 4 is 11.8 Å². The van der Waals surface area contributed by atoms with Crippen LogP contribution in [0.25, 0.3) is 0 Å². The first-order chi connectivity index (χ1) is 9.74. The number of carbonyl (C=O) groups excluding carboxylic acids is 2. The highest BCUT2D eigenvalue weighted by Gasteiger charge is 2.36. The van der Waals surface area contributed by atoms with E-state index in [4.69, 9.17) is 9.47 Å². The Morgan fingerprint density at radius 3 is 2.95 bits per heavy atom. The van der Waals surface area contributed by atoms with E-state index in [1.54, 1.807) is 4.90 Å². The third-order valence-corrected chi connectivity index (χ3v) is 3.47. The van der Waals surface area contributed by atoms with Crippen LogP contribution in [0.2, 0.25) is 0 Å². The molecule has 0 bridgehead atoms. The minimum Gasteiger partial charge on any atom is -0.377 e.